The van der Waals surface area contributed by atoms with Crippen molar-refractivity contribution in [1.29, 1.82) is 0 Å². The smallest absolute Gasteiger partial charge is 0.406 e. The predicted octanol–water partition coefficient (Wildman–Crippen LogP) is 3.44. The minimum absolute atomic E-state index is 0.0357. The maximum absolute atomic E-state index is 13.2. The number of halogens is 4. The molecule has 4 heterocycles. The van der Waals surface area contributed by atoms with E-state index in [1.54, 1.807) is 12.1 Å². The molecule has 0 aliphatic carbocycles. The highest BCUT2D eigenvalue weighted by Gasteiger charge is 2.34. The standard InChI is InChI=1S/C22H22F4N8O2S/c23-16-5-6-17(30-29-16)34-10-7-14(12-34)27-20-31-32-21(37-20)28-19(35)18(33-8-2-9-33)13-3-1-4-15(11-13)36-22(24,25)26/h1,3-6,11,14,18H,2,7-10,12H2,(H,27,31)(H,28,32,35)/t14-,18?/m1/s1. The molecule has 3 aromatic rings. The number of carbonyl (C=O) groups is 1. The predicted molar refractivity (Wildman–Crippen MR) is 127 cm³/mol. The van der Waals surface area contributed by atoms with Gasteiger partial charge in [0.05, 0.1) is 0 Å². The first-order valence-electron chi connectivity index (χ1n) is 11.5. The van der Waals surface area contributed by atoms with E-state index < -0.39 is 24.3 Å². The van der Waals surface area contributed by atoms with Crippen molar-refractivity contribution in [3.05, 3.63) is 47.9 Å². The zero-order valence-electron chi connectivity index (χ0n) is 19.3. The van der Waals surface area contributed by atoms with Crippen molar-refractivity contribution in [3.8, 4) is 5.75 Å². The van der Waals surface area contributed by atoms with Gasteiger partial charge in [-0.15, -0.1) is 33.6 Å². The molecule has 2 fully saturated rings. The number of benzene rings is 1. The van der Waals surface area contributed by atoms with Crippen LogP contribution in [0.25, 0.3) is 0 Å². The average molecular weight is 539 g/mol. The zero-order chi connectivity index (χ0) is 26.0. The number of alkyl halides is 3. The van der Waals surface area contributed by atoms with Crippen LogP contribution < -0.4 is 20.3 Å². The lowest BCUT2D eigenvalue weighted by molar-refractivity contribution is -0.274. The third-order valence-corrected chi connectivity index (χ3v) is 6.79. The van der Waals surface area contributed by atoms with Crippen LogP contribution in [0.4, 0.5) is 33.6 Å². The molecule has 2 saturated heterocycles. The molecule has 0 spiro atoms. The molecule has 2 aromatic heterocycles. The molecule has 10 nitrogen and oxygen atoms in total. The molecule has 1 aromatic carbocycles. The summed E-state index contributed by atoms with van der Waals surface area (Å²) < 4.78 is 55.1. The Morgan fingerprint density at radius 1 is 1.08 bits per heavy atom. The second-order valence-corrected chi connectivity index (χ2v) is 9.58. The molecule has 0 radical (unpaired) electrons. The van der Waals surface area contributed by atoms with Crippen LogP contribution >= 0.6 is 11.3 Å². The van der Waals surface area contributed by atoms with E-state index in [1.807, 2.05) is 9.80 Å². The first-order valence-corrected chi connectivity index (χ1v) is 12.3. The summed E-state index contributed by atoms with van der Waals surface area (Å²) >= 11 is 1.15. The van der Waals surface area contributed by atoms with Gasteiger partial charge in [0.25, 0.3) is 0 Å². The summed E-state index contributed by atoms with van der Waals surface area (Å²) in [5.41, 5.74) is 0.386. The number of rotatable bonds is 8. The van der Waals surface area contributed by atoms with Gasteiger partial charge in [-0.1, -0.05) is 23.5 Å². The van der Waals surface area contributed by atoms with Crippen molar-refractivity contribution < 1.29 is 27.1 Å². The quantitative estimate of drug-likeness (QED) is 0.417. The second kappa shape index (κ2) is 10.4. The third kappa shape index (κ3) is 6.22. The minimum atomic E-state index is -4.83. The van der Waals surface area contributed by atoms with Gasteiger partial charge >= 0.3 is 6.36 Å². The number of ether oxygens (including phenoxy) is 1. The Labute approximate surface area is 212 Å². The topological polar surface area (TPSA) is 108 Å². The highest BCUT2D eigenvalue weighted by molar-refractivity contribution is 7.19. The maximum Gasteiger partial charge on any atom is 0.573 e. The van der Waals surface area contributed by atoms with Crippen LogP contribution in [-0.4, -0.2) is 69.8 Å². The van der Waals surface area contributed by atoms with Gasteiger partial charge in [-0.3, -0.25) is 15.0 Å². The fraction of sp³-hybridized carbons (Fsp3) is 0.409. The van der Waals surface area contributed by atoms with Crippen LogP contribution in [0, 0.1) is 5.95 Å². The summed E-state index contributed by atoms with van der Waals surface area (Å²) in [6.45, 7) is 2.59. The van der Waals surface area contributed by atoms with E-state index in [0.29, 0.717) is 42.7 Å². The van der Waals surface area contributed by atoms with E-state index in [0.717, 1.165) is 24.2 Å². The van der Waals surface area contributed by atoms with Gasteiger partial charge in [0.1, 0.15) is 11.8 Å². The molecule has 0 bridgehead atoms. The molecular weight excluding hydrogens is 516 g/mol. The fourth-order valence-electron chi connectivity index (χ4n) is 4.25. The molecule has 2 aliphatic heterocycles. The first-order chi connectivity index (χ1) is 17.7. The summed E-state index contributed by atoms with van der Waals surface area (Å²) in [6, 6.07) is 7.50. The monoisotopic (exact) mass is 538 g/mol. The largest absolute Gasteiger partial charge is 0.573 e. The number of nitrogens with zero attached hydrogens (tertiary/aromatic N) is 6. The van der Waals surface area contributed by atoms with Crippen molar-refractivity contribution in [2.75, 3.05) is 41.7 Å². The number of anilines is 3. The van der Waals surface area contributed by atoms with Crippen molar-refractivity contribution in [3.63, 3.8) is 0 Å². The number of nitrogens with one attached hydrogen (secondary N) is 2. The third-order valence-electron chi connectivity index (χ3n) is 6.02. The van der Waals surface area contributed by atoms with Gasteiger partial charge < -0.3 is 15.0 Å². The molecule has 0 saturated carbocycles. The van der Waals surface area contributed by atoms with E-state index in [2.05, 4.69) is 35.8 Å². The Morgan fingerprint density at radius 3 is 2.59 bits per heavy atom. The summed E-state index contributed by atoms with van der Waals surface area (Å²) in [7, 11) is 0. The molecule has 5 rings (SSSR count). The Balaban J connectivity index is 1.22. The van der Waals surface area contributed by atoms with Crippen molar-refractivity contribution in [1.82, 2.24) is 25.3 Å². The van der Waals surface area contributed by atoms with Gasteiger partial charge in [-0.25, -0.2) is 0 Å². The average Bonchev–Trinajstić information content (AvgIpc) is 3.45. The second-order valence-electron chi connectivity index (χ2n) is 8.60. The van der Waals surface area contributed by atoms with Crippen LogP contribution in [0.5, 0.6) is 5.75 Å². The Bertz CT molecular complexity index is 1240. The molecule has 2 aliphatic rings. The van der Waals surface area contributed by atoms with Gasteiger partial charge in [0.2, 0.25) is 22.1 Å². The lowest BCUT2D eigenvalue weighted by Crippen LogP contribution is -2.45. The molecular formula is C22H22F4N8O2S. The lowest BCUT2D eigenvalue weighted by atomic mass is 10.0. The molecule has 15 heteroatoms. The van der Waals surface area contributed by atoms with E-state index in [-0.39, 0.29) is 16.9 Å². The first kappa shape index (κ1) is 25.1. The highest BCUT2D eigenvalue weighted by atomic mass is 32.1. The summed E-state index contributed by atoms with van der Waals surface area (Å²) in [5.74, 6) is -0.867. The molecule has 196 valence electrons. The lowest BCUT2D eigenvalue weighted by Gasteiger charge is -2.37. The van der Waals surface area contributed by atoms with Gasteiger partial charge in [-0.2, -0.15) is 4.39 Å². The minimum Gasteiger partial charge on any atom is -0.406 e. The van der Waals surface area contributed by atoms with Gasteiger partial charge in [0, 0.05) is 32.2 Å². The van der Waals surface area contributed by atoms with Crippen molar-refractivity contribution in [2.45, 2.75) is 31.3 Å². The number of hydrogen-bond donors (Lipinski definition) is 2. The van der Waals surface area contributed by atoms with Crippen LogP contribution in [-0.2, 0) is 4.79 Å². The Morgan fingerprint density at radius 2 is 1.89 bits per heavy atom. The van der Waals surface area contributed by atoms with Crippen molar-refractivity contribution >= 4 is 33.3 Å². The summed E-state index contributed by atoms with van der Waals surface area (Å²) in [5, 5.41) is 22.2. The summed E-state index contributed by atoms with van der Waals surface area (Å²) in [4.78, 5) is 17.0. The van der Waals surface area contributed by atoms with E-state index in [1.165, 1.54) is 24.3 Å². The SMILES string of the molecule is O=C(Nc1nnc(N[C@@H]2CCN(c3ccc(F)nn3)C2)s1)C(c1cccc(OC(F)(F)F)c1)N1CCC1. The number of amides is 1. The Hall–Kier alpha value is -3.59. The molecule has 37 heavy (non-hydrogen) atoms. The number of carbonyl (C=O) groups excluding carboxylic acids is 1. The van der Waals surface area contributed by atoms with Crippen LogP contribution in [0.2, 0.25) is 0 Å². The summed E-state index contributed by atoms with van der Waals surface area (Å²) in [6.07, 6.45) is -3.16. The van der Waals surface area contributed by atoms with E-state index in [4.69, 9.17) is 0 Å². The molecule has 2 N–H and O–H groups in total. The molecule has 1 amide bonds. The molecule has 2 atom stereocenters. The van der Waals surface area contributed by atoms with Crippen LogP contribution in [0.15, 0.2) is 36.4 Å². The van der Waals surface area contributed by atoms with Crippen molar-refractivity contribution in [2.24, 2.45) is 0 Å². The van der Waals surface area contributed by atoms with E-state index >= 15 is 0 Å². The molecule has 1 unspecified atom stereocenters. The Kier molecular flexibility index (Phi) is 7.06. The zero-order valence-corrected chi connectivity index (χ0v) is 20.1. The van der Waals surface area contributed by atoms with Gasteiger partial charge in [0.15, 0.2) is 5.82 Å². The highest BCUT2D eigenvalue weighted by Crippen LogP contribution is 2.32. The van der Waals surface area contributed by atoms with Gasteiger partial charge in [-0.05, 0) is 42.7 Å². The fourth-order valence-corrected chi connectivity index (χ4v) is 4.98. The maximum atomic E-state index is 13.2. The number of aromatic nitrogens is 4. The van der Waals surface area contributed by atoms with Crippen LogP contribution in [0.3, 0.4) is 0 Å². The van der Waals surface area contributed by atoms with Crippen LogP contribution in [0.1, 0.15) is 24.4 Å². The normalized spacial score (nSPS) is 18.8. The van der Waals surface area contributed by atoms with E-state index in [9.17, 15) is 22.4 Å². The number of hydrogen-bond acceptors (Lipinski definition) is 10. The number of likely N-dealkylation sites (tertiary alicyclic amines) is 1.